The lowest BCUT2D eigenvalue weighted by molar-refractivity contribution is 0.0911. The molecular weight excluding hydrogens is 266 g/mol. The lowest BCUT2D eigenvalue weighted by Gasteiger charge is -2.29. The van der Waals surface area contributed by atoms with Crippen LogP contribution in [0.4, 0.5) is 0 Å². The molecular formula is C17H19NOS. The van der Waals surface area contributed by atoms with Crippen LogP contribution in [0.25, 0.3) is 5.69 Å². The van der Waals surface area contributed by atoms with Gasteiger partial charge in [0.2, 0.25) is 0 Å². The Morgan fingerprint density at radius 3 is 2.75 bits per heavy atom. The minimum absolute atomic E-state index is 0.0529. The highest BCUT2D eigenvalue weighted by Crippen LogP contribution is 2.36. The van der Waals surface area contributed by atoms with E-state index in [1.165, 1.54) is 4.90 Å². The van der Waals surface area contributed by atoms with Crippen molar-refractivity contribution in [2.75, 3.05) is 6.26 Å². The molecule has 1 heterocycles. The molecule has 0 aliphatic heterocycles. The van der Waals surface area contributed by atoms with E-state index >= 15 is 0 Å². The maximum Gasteiger partial charge on any atom is 0.165 e. The van der Waals surface area contributed by atoms with Crippen molar-refractivity contribution < 1.29 is 4.79 Å². The molecule has 3 rings (SSSR count). The fraction of sp³-hybridized carbons (Fsp3) is 0.353. The molecule has 20 heavy (non-hydrogen) atoms. The van der Waals surface area contributed by atoms with Crippen molar-refractivity contribution in [2.24, 2.45) is 5.41 Å². The quantitative estimate of drug-likeness (QED) is 0.765. The Labute approximate surface area is 124 Å². The average molecular weight is 285 g/mol. The van der Waals surface area contributed by atoms with E-state index < -0.39 is 0 Å². The lowest BCUT2D eigenvalue weighted by Crippen LogP contribution is -2.27. The predicted molar refractivity (Wildman–Crippen MR) is 84.0 cm³/mol. The number of benzene rings is 1. The second-order valence-electron chi connectivity index (χ2n) is 6.19. The summed E-state index contributed by atoms with van der Waals surface area (Å²) in [6.45, 7) is 4.34. The van der Waals surface area contributed by atoms with Crippen molar-refractivity contribution in [1.29, 1.82) is 0 Å². The van der Waals surface area contributed by atoms with Crippen molar-refractivity contribution in [3.63, 3.8) is 0 Å². The number of Topliss-reactive ketones (excluding diaryl/α,β-unsaturated/α-hetero) is 1. The Kier molecular flexibility index (Phi) is 3.25. The highest BCUT2D eigenvalue weighted by molar-refractivity contribution is 7.98. The van der Waals surface area contributed by atoms with Crippen LogP contribution < -0.4 is 0 Å². The van der Waals surface area contributed by atoms with Crippen LogP contribution in [0.1, 0.15) is 36.3 Å². The van der Waals surface area contributed by atoms with E-state index in [9.17, 15) is 4.79 Å². The van der Waals surface area contributed by atoms with Crippen LogP contribution >= 0.6 is 11.8 Å². The summed E-state index contributed by atoms with van der Waals surface area (Å²) >= 11 is 1.74. The molecule has 0 saturated carbocycles. The molecule has 0 unspecified atom stereocenters. The summed E-state index contributed by atoms with van der Waals surface area (Å²) in [4.78, 5) is 13.5. The van der Waals surface area contributed by atoms with Gasteiger partial charge in [-0.15, -0.1) is 11.8 Å². The number of aromatic nitrogens is 1. The fourth-order valence-electron chi connectivity index (χ4n) is 2.95. The van der Waals surface area contributed by atoms with Gasteiger partial charge in [-0.3, -0.25) is 4.79 Å². The number of ketones is 1. The topological polar surface area (TPSA) is 22.0 Å². The fourth-order valence-corrected chi connectivity index (χ4v) is 3.40. The summed E-state index contributed by atoms with van der Waals surface area (Å²) in [5.41, 5.74) is 3.25. The summed E-state index contributed by atoms with van der Waals surface area (Å²) in [5, 5.41) is 0. The molecule has 1 aliphatic carbocycles. The Balaban J connectivity index is 2.10. The first kappa shape index (κ1) is 13.5. The number of hydrogen-bond acceptors (Lipinski definition) is 2. The number of rotatable bonds is 2. The van der Waals surface area contributed by atoms with Crippen LogP contribution in [-0.2, 0) is 6.42 Å². The predicted octanol–water partition coefficient (Wildman–Crippen LogP) is 4.35. The first-order valence-electron chi connectivity index (χ1n) is 6.88. The number of carbonyl (C=O) groups is 1. The zero-order valence-electron chi connectivity index (χ0n) is 12.1. The standard InChI is InChI=1S/C17H19NOS/c1-17(2)10-15-14(16(19)11-17)7-8-18(15)12-5-4-6-13(9-12)20-3/h4-9H,10-11H2,1-3H3. The summed E-state index contributed by atoms with van der Waals surface area (Å²) in [5.74, 6) is 0.274. The largest absolute Gasteiger partial charge is 0.320 e. The number of fused-ring (bicyclic) bond motifs is 1. The van der Waals surface area contributed by atoms with Crippen LogP contribution in [-0.4, -0.2) is 16.6 Å². The minimum atomic E-state index is 0.0529. The Hall–Kier alpha value is -1.48. The van der Waals surface area contributed by atoms with E-state index in [2.05, 4.69) is 48.9 Å². The average Bonchev–Trinajstić information content (AvgIpc) is 2.81. The van der Waals surface area contributed by atoms with Gasteiger partial charge in [0.15, 0.2) is 5.78 Å². The van der Waals surface area contributed by atoms with E-state index in [0.717, 1.165) is 23.4 Å². The molecule has 1 aliphatic rings. The maximum atomic E-state index is 12.3. The van der Waals surface area contributed by atoms with E-state index in [0.29, 0.717) is 6.42 Å². The lowest BCUT2D eigenvalue weighted by atomic mass is 9.76. The van der Waals surface area contributed by atoms with Crippen molar-refractivity contribution in [1.82, 2.24) is 4.57 Å². The molecule has 104 valence electrons. The van der Waals surface area contributed by atoms with Gasteiger partial charge in [0.25, 0.3) is 0 Å². The molecule has 1 aromatic heterocycles. The van der Waals surface area contributed by atoms with E-state index in [1.54, 1.807) is 11.8 Å². The SMILES string of the molecule is CSc1cccc(-n2ccc3c2CC(C)(C)CC3=O)c1. The van der Waals surface area contributed by atoms with Crippen LogP contribution in [0.3, 0.4) is 0 Å². The van der Waals surface area contributed by atoms with Crippen molar-refractivity contribution in [3.05, 3.63) is 47.8 Å². The molecule has 3 heteroatoms. The van der Waals surface area contributed by atoms with Crippen molar-refractivity contribution in [2.45, 2.75) is 31.6 Å². The zero-order valence-corrected chi connectivity index (χ0v) is 13.0. The Morgan fingerprint density at radius 2 is 2.00 bits per heavy atom. The van der Waals surface area contributed by atoms with E-state index in [-0.39, 0.29) is 11.2 Å². The zero-order chi connectivity index (χ0) is 14.3. The van der Waals surface area contributed by atoms with Gasteiger partial charge in [-0.05, 0) is 42.4 Å². The first-order valence-corrected chi connectivity index (χ1v) is 8.10. The molecule has 1 aromatic carbocycles. The Morgan fingerprint density at radius 1 is 1.20 bits per heavy atom. The van der Waals surface area contributed by atoms with Crippen LogP contribution in [0.2, 0.25) is 0 Å². The van der Waals surface area contributed by atoms with Gasteiger partial charge in [-0.2, -0.15) is 0 Å². The first-order chi connectivity index (χ1) is 9.50. The van der Waals surface area contributed by atoms with Crippen LogP contribution in [0.15, 0.2) is 41.4 Å². The number of carbonyl (C=O) groups excluding carboxylic acids is 1. The van der Waals surface area contributed by atoms with E-state index in [1.807, 2.05) is 12.3 Å². The molecule has 2 nitrogen and oxygen atoms in total. The van der Waals surface area contributed by atoms with Crippen LogP contribution in [0.5, 0.6) is 0 Å². The molecule has 0 bridgehead atoms. The van der Waals surface area contributed by atoms with Gasteiger partial charge in [0.1, 0.15) is 0 Å². The monoisotopic (exact) mass is 285 g/mol. The van der Waals surface area contributed by atoms with Crippen molar-refractivity contribution >= 4 is 17.5 Å². The van der Waals surface area contributed by atoms with Gasteiger partial charge in [0, 0.05) is 34.5 Å². The number of nitrogens with zero attached hydrogens (tertiary/aromatic N) is 1. The number of thioether (sulfide) groups is 1. The molecule has 0 spiro atoms. The van der Waals surface area contributed by atoms with Gasteiger partial charge in [-0.25, -0.2) is 0 Å². The van der Waals surface area contributed by atoms with Gasteiger partial charge < -0.3 is 4.57 Å². The smallest absolute Gasteiger partial charge is 0.165 e. The third-order valence-corrected chi connectivity index (χ3v) is 4.63. The second kappa shape index (κ2) is 4.81. The summed E-state index contributed by atoms with van der Waals surface area (Å²) in [6.07, 6.45) is 5.71. The minimum Gasteiger partial charge on any atom is -0.320 e. The molecule has 2 aromatic rings. The highest BCUT2D eigenvalue weighted by atomic mass is 32.2. The van der Waals surface area contributed by atoms with Crippen LogP contribution in [0, 0.1) is 5.41 Å². The third-order valence-electron chi connectivity index (χ3n) is 3.91. The molecule has 0 saturated heterocycles. The molecule has 0 radical (unpaired) electrons. The Bertz CT molecular complexity index is 669. The van der Waals surface area contributed by atoms with E-state index in [4.69, 9.17) is 0 Å². The molecule has 0 atom stereocenters. The normalized spacial score (nSPS) is 17.1. The third kappa shape index (κ3) is 2.31. The number of hydrogen-bond donors (Lipinski definition) is 0. The van der Waals surface area contributed by atoms with Gasteiger partial charge in [0.05, 0.1) is 0 Å². The second-order valence-corrected chi connectivity index (χ2v) is 7.07. The molecule has 0 N–H and O–H groups in total. The van der Waals surface area contributed by atoms with Gasteiger partial charge in [-0.1, -0.05) is 19.9 Å². The summed E-state index contributed by atoms with van der Waals surface area (Å²) < 4.78 is 2.17. The molecule has 0 amide bonds. The summed E-state index contributed by atoms with van der Waals surface area (Å²) in [6, 6.07) is 10.4. The highest BCUT2D eigenvalue weighted by Gasteiger charge is 2.33. The molecule has 0 fully saturated rings. The summed E-state index contributed by atoms with van der Waals surface area (Å²) in [7, 11) is 0. The maximum absolute atomic E-state index is 12.3. The van der Waals surface area contributed by atoms with Gasteiger partial charge >= 0.3 is 0 Å². The van der Waals surface area contributed by atoms with Crippen molar-refractivity contribution in [3.8, 4) is 5.69 Å².